The summed E-state index contributed by atoms with van der Waals surface area (Å²) in [6, 6.07) is 0. The van der Waals surface area contributed by atoms with E-state index >= 15 is 0 Å². The number of aliphatic hydroxyl groups is 1. The molecule has 4 unspecified atom stereocenters. The zero-order chi connectivity index (χ0) is 17.1. The van der Waals surface area contributed by atoms with Crippen LogP contribution in [0, 0.1) is 17.3 Å². The van der Waals surface area contributed by atoms with Gasteiger partial charge in [-0.3, -0.25) is 14.7 Å². The van der Waals surface area contributed by atoms with Gasteiger partial charge in [-0.15, -0.1) is 0 Å². The Morgan fingerprint density at radius 1 is 1.50 bits per heavy atom. The van der Waals surface area contributed by atoms with Gasteiger partial charge in [-0.05, 0) is 38.2 Å². The molecule has 0 radical (unpaired) electrons. The number of carbonyl (C=O) groups is 1. The average molecular weight is 398 g/mol. The Labute approximate surface area is 150 Å². The lowest BCUT2D eigenvalue weighted by molar-refractivity contribution is -0.123. The van der Waals surface area contributed by atoms with Crippen molar-refractivity contribution >= 4 is 21.7 Å². The first kappa shape index (κ1) is 16.6. The smallest absolute Gasteiger partial charge is 0.132 e. The summed E-state index contributed by atoms with van der Waals surface area (Å²) in [4.78, 5) is 17.6. The monoisotopic (exact) mass is 397 g/mol. The minimum absolute atomic E-state index is 0.0494. The molecule has 2 aliphatic heterocycles. The van der Waals surface area contributed by atoms with Crippen molar-refractivity contribution in [2.75, 3.05) is 13.7 Å². The van der Waals surface area contributed by atoms with E-state index in [0.29, 0.717) is 13.0 Å². The summed E-state index contributed by atoms with van der Waals surface area (Å²) in [5.74, 6) is 1.47. The molecule has 0 aromatic carbocycles. The van der Waals surface area contributed by atoms with Crippen LogP contribution in [0.3, 0.4) is 0 Å². The molecule has 0 saturated heterocycles. The van der Waals surface area contributed by atoms with Gasteiger partial charge in [0.25, 0.3) is 0 Å². The van der Waals surface area contributed by atoms with Crippen LogP contribution in [0.25, 0.3) is 0 Å². The summed E-state index contributed by atoms with van der Waals surface area (Å²) in [7, 11) is 1.66. The molecule has 0 bridgehead atoms. The van der Waals surface area contributed by atoms with Gasteiger partial charge in [0.2, 0.25) is 0 Å². The average Bonchev–Trinajstić information content (AvgIpc) is 2.81. The van der Waals surface area contributed by atoms with Crippen molar-refractivity contribution < 1.29 is 19.5 Å². The molecule has 0 aromatic heterocycles. The van der Waals surface area contributed by atoms with Gasteiger partial charge in [-0.2, -0.15) is 0 Å². The molecule has 1 spiro atoms. The standard InChI is InChI=1S/C18H24BrNO4/c1-10(21)11-3-4-16-18(7-11)15(19)9-20(23-2)8-12-5-13(22)6-14(24-16)17(12)18/h9,11-13,16,22H,3-8H2,1-2H3/t11?,12?,13-,16?,18?/m1/s1. The van der Waals surface area contributed by atoms with Gasteiger partial charge in [-0.1, -0.05) is 15.9 Å². The van der Waals surface area contributed by atoms with Gasteiger partial charge in [-0.25, -0.2) is 0 Å². The molecule has 6 heteroatoms. The van der Waals surface area contributed by atoms with Crippen LogP contribution in [-0.2, 0) is 14.4 Å². The normalized spacial score (nSPS) is 41.2. The van der Waals surface area contributed by atoms with Crippen molar-refractivity contribution in [3.8, 4) is 0 Å². The van der Waals surface area contributed by atoms with E-state index in [1.807, 2.05) is 11.3 Å². The van der Waals surface area contributed by atoms with Gasteiger partial charge in [0, 0.05) is 28.9 Å². The van der Waals surface area contributed by atoms with Crippen LogP contribution in [0.5, 0.6) is 0 Å². The molecule has 0 amide bonds. The second-order valence-electron chi connectivity index (χ2n) is 7.55. The minimum Gasteiger partial charge on any atom is -0.493 e. The Morgan fingerprint density at radius 3 is 3.00 bits per heavy atom. The van der Waals surface area contributed by atoms with E-state index < -0.39 is 0 Å². The van der Waals surface area contributed by atoms with E-state index in [2.05, 4.69) is 15.9 Å². The molecular weight excluding hydrogens is 374 g/mol. The molecule has 2 heterocycles. The van der Waals surface area contributed by atoms with Gasteiger partial charge in [0.05, 0.1) is 30.9 Å². The van der Waals surface area contributed by atoms with Crippen LogP contribution in [-0.4, -0.2) is 41.8 Å². The maximum absolute atomic E-state index is 12.1. The third kappa shape index (κ3) is 2.30. The lowest BCUT2D eigenvalue weighted by Gasteiger charge is -2.43. The van der Waals surface area contributed by atoms with Crippen molar-refractivity contribution in [2.24, 2.45) is 17.3 Å². The molecule has 5 atom stereocenters. The number of carbonyl (C=O) groups excluding carboxylic acids is 1. The number of hydroxylamine groups is 2. The van der Waals surface area contributed by atoms with Gasteiger partial charge < -0.3 is 9.84 Å². The van der Waals surface area contributed by atoms with E-state index in [0.717, 1.165) is 35.9 Å². The topological polar surface area (TPSA) is 59.0 Å². The second kappa shape index (κ2) is 5.85. The molecule has 24 heavy (non-hydrogen) atoms. The highest BCUT2D eigenvalue weighted by molar-refractivity contribution is 9.11. The van der Waals surface area contributed by atoms with Gasteiger partial charge in [0.1, 0.15) is 11.9 Å². The number of hydrogen-bond donors (Lipinski definition) is 1. The number of aliphatic hydroxyl groups excluding tert-OH is 1. The number of nitrogens with zero attached hydrogens (tertiary/aromatic N) is 1. The molecule has 4 rings (SSSR count). The fourth-order valence-corrected chi connectivity index (χ4v) is 6.03. The first-order valence-corrected chi connectivity index (χ1v) is 9.52. The minimum atomic E-state index is -0.370. The van der Waals surface area contributed by atoms with E-state index in [-0.39, 0.29) is 35.2 Å². The fourth-order valence-electron chi connectivity index (χ4n) is 5.17. The molecule has 1 N–H and O–H groups in total. The first-order valence-electron chi connectivity index (χ1n) is 8.73. The predicted octanol–water partition coefficient (Wildman–Crippen LogP) is 2.90. The van der Waals surface area contributed by atoms with Crippen LogP contribution in [0.15, 0.2) is 22.0 Å². The van der Waals surface area contributed by atoms with Crippen molar-refractivity contribution in [3.63, 3.8) is 0 Å². The molecule has 5 nitrogen and oxygen atoms in total. The molecule has 1 fully saturated rings. The quantitative estimate of drug-likeness (QED) is 0.775. The number of ketones is 1. The highest BCUT2D eigenvalue weighted by atomic mass is 79.9. The Morgan fingerprint density at radius 2 is 2.29 bits per heavy atom. The maximum atomic E-state index is 12.1. The largest absolute Gasteiger partial charge is 0.493 e. The summed E-state index contributed by atoms with van der Waals surface area (Å²) in [6.45, 7) is 2.40. The number of rotatable bonds is 2. The fraction of sp³-hybridized carbons (Fsp3) is 0.722. The Kier molecular flexibility index (Phi) is 4.05. The Bertz CT molecular complexity index is 631. The van der Waals surface area contributed by atoms with Crippen molar-refractivity contribution in [2.45, 2.75) is 51.2 Å². The third-order valence-corrected chi connectivity index (χ3v) is 7.15. The van der Waals surface area contributed by atoms with E-state index in [1.54, 1.807) is 14.0 Å². The van der Waals surface area contributed by atoms with E-state index in [9.17, 15) is 9.90 Å². The lowest BCUT2D eigenvalue weighted by atomic mass is 9.60. The van der Waals surface area contributed by atoms with Crippen LogP contribution in [0.2, 0.25) is 0 Å². The van der Waals surface area contributed by atoms with Crippen LogP contribution < -0.4 is 0 Å². The zero-order valence-electron chi connectivity index (χ0n) is 14.1. The Balaban J connectivity index is 1.85. The summed E-state index contributed by atoms with van der Waals surface area (Å²) in [6.07, 6.45) is 5.52. The predicted molar refractivity (Wildman–Crippen MR) is 91.8 cm³/mol. The second-order valence-corrected chi connectivity index (χ2v) is 8.41. The van der Waals surface area contributed by atoms with Crippen LogP contribution in [0.4, 0.5) is 0 Å². The van der Waals surface area contributed by atoms with Crippen molar-refractivity contribution in [1.82, 2.24) is 5.06 Å². The number of hydrogen-bond acceptors (Lipinski definition) is 5. The summed E-state index contributed by atoms with van der Waals surface area (Å²) in [5.41, 5.74) is 1.02. The van der Waals surface area contributed by atoms with Crippen LogP contribution >= 0.6 is 15.9 Å². The third-order valence-electron chi connectivity index (χ3n) is 6.24. The first-order chi connectivity index (χ1) is 11.5. The lowest BCUT2D eigenvalue weighted by Crippen LogP contribution is -2.43. The molecule has 132 valence electrons. The van der Waals surface area contributed by atoms with Gasteiger partial charge in [0.15, 0.2) is 0 Å². The van der Waals surface area contributed by atoms with Crippen molar-refractivity contribution in [1.29, 1.82) is 0 Å². The molecule has 0 aromatic rings. The number of halogens is 1. The molecule has 2 aliphatic carbocycles. The van der Waals surface area contributed by atoms with Crippen LogP contribution in [0.1, 0.15) is 39.0 Å². The van der Waals surface area contributed by atoms with Crippen molar-refractivity contribution in [3.05, 3.63) is 22.0 Å². The number of Topliss-reactive ketones (excluding diaryl/α,β-unsaturated/α-hetero) is 1. The number of ether oxygens (including phenoxy) is 1. The zero-order valence-corrected chi connectivity index (χ0v) is 15.7. The van der Waals surface area contributed by atoms with E-state index in [1.165, 1.54) is 5.57 Å². The van der Waals surface area contributed by atoms with Gasteiger partial charge >= 0.3 is 0 Å². The highest BCUT2D eigenvalue weighted by Crippen LogP contribution is 2.63. The SMILES string of the molecule is CON1C=C(Br)C23CC(C(C)=O)CCC2OC2=C3C(C[C@@H](O)C2)C1. The molecule has 1 saturated carbocycles. The highest BCUT2D eigenvalue weighted by Gasteiger charge is 2.59. The van der Waals surface area contributed by atoms with E-state index in [4.69, 9.17) is 9.57 Å². The summed E-state index contributed by atoms with van der Waals surface area (Å²) >= 11 is 3.81. The Hall–Kier alpha value is -0.850. The summed E-state index contributed by atoms with van der Waals surface area (Å²) < 4.78 is 7.38. The summed E-state index contributed by atoms with van der Waals surface area (Å²) in [5, 5.41) is 12.1. The maximum Gasteiger partial charge on any atom is 0.132 e. The molecular formula is C18H24BrNO4. The molecule has 4 aliphatic rings.